The summed E-state index contributed by atoms with van der Waals surface area (Å²) in [5.74, 6) is -5.39. The summed E-state index contributed by atoms with van der Waals surface area (Å²) < 4.78 is 78.6. The van der Waals surface area contributed by atoms with Crippen LogP contribution in [0.5, 0.6) is 11.6 Å². The van der Waals surface area contributed by atoms with Crippen molar-refractivity contribution in [1.82, 2.24) is 20.3 Å². The van der Waals surface area contributed by atoms with Crippen LogP contribution in [0.4, 0.5) is 24.8 Å². The molecule has 192 valence electrons. The molecule has 3 heterocycles. The van der Waals surface area contributed by atoms with Crippen molar-refractivity contribution >= 4 is 21.7 Å². The third-order valence-electron chi connectivity index (χ3n) is 5.30. The first-order valence-corrected chi connectivity index (χ1v) is 12.7. The topological polar surface area (TPSA) is 127 Å². The quantitative estimate of drug-likeness (QED) is 0.381. The van der Waals surface area contributed by atoms with Gasteiger partial charge in [-0.2, -0.15) is 4.39 Å². The molecule has 3 N–H and O–H groups in total. The summed E-state index contributed by atoms with van der Waals surface area (Å²) >= 11 is 0. The van der Waals surface area contributed by atoms with E-state index in [1.54, 1.807) is 30.0 Å². The molecule has 0 bridgehead atoms. The van der Waals surface area contributed by atoms with Crippen molar-refractivity contribution in [3.8, 4) is 22.9 Å². The third kappa shape index (κ3) is 6.01. The fraction of sp³-hybridized carbons (Fsp3) is 0.318. The molecule has 2 atom stereocenters. The summed E-state index contributed by atoms with van der Waals surface area (Å²) in [4.78, 5) is 12.8. The summed E-state index contributed by atoms with van der Waals surface area (Å²) in [6.07, 6.45) is 4.34. The van der Waals surface area contributed by atoms with E-state index in [9.17, 15) is 21.6 Å². The predicted octanol–water partition coefficient (Wildman–Crippen LogP) is 2.91. The van der Waals surface area contributed by atoms with E-state index in [-0.39, 0.29) is 18.0 Å². The molecule has 1 aliphatic rings. The van der Waals surface area contributed by atoms with Gasteiger partial charge in [-0.15, -0.1) is 0 Å². The van der Waals surface area contributed by atoms with Crippen LogP contribution < -0.4 is 20.1 Å². The van der Waals surface area contributed by atoms with Crippen LogP contribution in [0, 0.1) is 17.5 Å². The maximum atomic E-state index is 14.6. The van der Waals surface area contributed by atoms with E-state index in [4.69, 9.17) is 9.47 Å². The SMILES string of the molecule is COC1CNCC(Nc2nccc(-c3cccnc3Oc3cc(F)c(NS(C)(=O)=O)c(F)c3F)n2)C1. The molecule has 14 heteroatoms. The Morgan fingerprint density at radius 3 is 2.67 bits per heavy atom. The Morgan fingerprint density at radius 1 is 1.11 bits per heavy atom. The molecule has 0 radical (unpaired) electrons. The molecule has 10 nitrogen and oxygen atoms in total. The predicted molar refractivity (Wildman–Crippen MR) is 126 cm³/mol. The molecular formula is C22H23F3N6O4S. The molecule has 1 aliphatic heterocycles. The first-order valence-electron chi connectivity index (χ1n) is 10.8. The van der Waals surface area contributed by atoms with Crippen LogP contribution in [0.1, 0.15) is 6.42 Å². The van der Waals surface area contributed by atoms with Crippen molar-refractivity contribution in [1.29, 1.82) is 0 Å². The van der Waals surface area contributed by atoms with Gasteiger partial charge in [0.15, 0.2) is 17.4 Å². The first-order chi connectivity index (χ1) is 17.1. The second-order valence-electron chi connectivity index (χ2n) is 8.05. The average molecular weight is 525 g/mol. The number of piperidine rings is 1. The van der Waals surface area contributed by atoms with E-state index in [0.29, 0.717) is 36.1 Å². The Labute approximate surface area is 205 Å². The zero-order valence-electron chi connectivity index (χ0n) is 19.3. The van der Waals surface area contributed by atoms with Gasteiger partial charge < -0.3 is 20.1 Å². The summed E-state index contributed by atoms with van der Waals surface area (Å²) in [6.45, 7) is 1.43. The minimum absolute atomic E-state index is 0.0164. The van der Waals surface area contributed by atoms with Crippen LogP contribution in [0.3, 0.4) is 0 Å². The fourth-order valence-electron chi connectivity index (χ4n) is 3.65. The van der Waals surface area contributed by atoms with Crippen LogP contribution >= 0.6 is 0 Å². The Kier molecular flexibility index (Phi) is 7.56. The second-order valence-corrected chi connectivity index (χ2v) is 9.80. The third-order valence-corrected chi connectivity index (χ3v) is 5.87. The number of pyridine rings is 1. The minimum Gasteiger partial charge on any atom is -0.435 e. The molecule has 1 aromatic carbocycles. The van der Waals surface area contributed by atoms with Crippen molar-refractivity contribution in [3.63, 3.8) is 0 Å². The molecule has 3 aromatic rings. The highest BCUT2D eigenvalue weighted by atomic mass is 32.2. The maximum Gasteiger partial charge on any atom is 0.230 e. The minimum atomic E-state index is -4.05. The Balaban J connectivity index is 1.61. The normalized spacial score (nSPS) is 18.0. The highest BCUT2D eigenvalue weighted by molar-refractivity contribution is 7.92. The second kappa shape index (κ2) is 10.6. The monoisotopic (exact) mass is 524 g/mol. The molecule has 2 unspecified atom stereocenters. The summed E-state index contributed by atoms with van der Waals surface area (Å²) in [5, 5.41) is 6.49. The molecule has 1 saturated heterocycles. The van der Waals surface area contributed by atoms with Crippen LogP contribution in [0.25, 0.3) is 11.3 Å². The number of nitrogens with one attached hydrogen (secondary N) is 3. The number of hydrogen-bond acceptors (Lipinski definition) is 9. The largest absolute Gasteiger partial charge is 0.435 e. The van der Waals surface area contributed by atoms with E-state index in [2.05, 4.69) is 25.6 Å². The zero-order chi connectivity index (χ0) is 25.9. The molecule has 36 heavy (non-hydrogen) atoms. The molecule has 0 aliphatic carbocycles. The number of nitrogens with zero attached hydrogens (tertiary/aromatic N) is 3. The van der Waals surface area contributed by atoms with Gasteiger partial charge in [-0.05, 0) is 24.6 Å². The van der Waals surface area contributed by atoms with Gasteiger partial charge in [-0.25, -0.2) is 32.2 Å². The lowest BCUT2D eigenvalue weighted by molar-refractivity contribution is 0.0770. The summed E-state index contributed by atoms with van der Waals surface area (Å²) in [7, 11) is -2.41. The molecule has 2 aromatic heterocycles. The lowest BCUT2D eigenvalue weighted by Crippen LogP contribution is -2.46. The van der Waals surface area contributed by atoms with Gasteiger partial charge >= 0.3 is 0 Å². The Morgan fingerprint density at radius 2 is 1.92 bits per heavy atom. The number of benzene rings is 1. The molecule has 1 fully saturated rings. The van der Waals surface area contributed by atoms with E-state index in [0.717, 1.165) is 13.0 Å². The number of ether oxygens (including phenoxy) is 2. The highest BCUT2D eigenvalue weighted by Gasteiger charge is 2.24. The van der Waals surface area contributed by atoms with Crippen molar-refractivity contribution in [3.05, 3.63) is 54.1 Å². The van der Waals surface area contributed by atoms with E-state index in [1.807, 2.05) is 0 Å². The van der Waals surface area contributed by atoms with Crippen LogP contribution in [-0.2, 0) is 14.8 Å². The van der Waals surface area contributed by atoms with Gasteiger partial charge in [0.05, 0.1) is 23.6 Å². The zero-order valence-corrected chi connectivity index (χ0v) is 20.1. The highest BCUT2D eigenvalue weighted by Crippen LogP contribution is 2.35. The summed E-state index contributed by atoms with van der Waals surface area (Å²) in [5.41, 5.74) is -0.486. The van der Waals surface area contributed by atoms with Gasteiger partial charge in [0.1, 0.15) is 5.69 Å². The van der Waals surface area contributed by atoms with Gasteiger partial charge in [0, 0.05) is 44.7 Å². The number of rotatable bonds is 8. The number of hydrogen-bond donors (Lipinski definition) is 3. The molecular weight excluding hydrogens is 501 g/mol. The summed E-state index contributed by atoms with van der Waals surface area (Å²) in [6, 6.07) is 5.29. The standard InChI is InChI=1S/C22H23F3N6O4S/c1-34-13-8-12(10-26-11-13)29-22-28-7-5-16(30-22)14-4-3-6-27-21(14)35-17-9-15(23)20(19(25)18(17)24)31-36(2,32)33/h3-7,9,12-13,26,31H,8,10-11H2,1-2H3,(H,28,29,30). The lowest BCUT2D eigenvalue weighted by atomic mass is 10.1. The van der Waals surface area contributed by atoms with Gasteiger partial charge in [-0.3, -0.25) is 4.72 Å². The van der Waals surface area contributed by atoms with Crippen molar-refractivity contribution < 1.29 is 31.1 Å². The van der Waals surface area contributed by atoms with Gasteiger partial charge in [-0.1, -0.05) is 0 Å². The Bertz CT molecular complexity index is 1360. The van der Waals surface area contributed by atoms with E-state index < -0.39 is 38.9 Å². The maximum absolute atomic E-state index is 14.6. The molecule has 0 amide bonds. The average Bonchev–Trinajstić information content (AvgIpc) is 2.85. The molecule has 4 rings (SSSR count). The number of sulfonamides is 1. The number of halogens is 3. The van der Waals surface area contributed by atoms with Crippen molar-refractivity contribution in [2.24, 2.45) is 0 Å². The number of anilines is 2. The van der Waals surface area contributed by atoms with Gasteiger partial charge in [0.2, 0.25) is 27.7 Å². The van der Waals surface area contributed by atoms with E-state index >= 15 is 0 Å². The lowest BCUT2D eigenvalue weighted by Gasteiger charge is -2.29. The number of aromatic nitrogens is 3. The van der Waals surface area contributed by atoms with Crippen LogP contribution in [-0.4, -0.2) is 62.0 Å². The smallest absolute Gasteiger partial charge is 0.230 e. The van der Waals surface area contributed by atoms with Gasteiger partial charge in [0.25, 0.3) is 0 Å². The van der Waals surface area contributed by atoms with Crippen LogP contribution in [0.2, 0.25) is 0 Å². The molecule has 0 saturated carbocycles. The van der Waals surface area contributed by atoms with Crippen LogP contribution in [0.15, 0.2) is 36.7 Å². The fourth-order valence-corrected chi connectivity index (χ4v) is 4.21. The van der Waals surface area contributed by atoms with E-state index in [1.165, 1.54) is 12.4 Å². The van der Waals surface area contributed by atoms with Crippen molar-refractivity contribution in [2.75, 3.05) is 36.5 Å². The molecule has 0 spiro atoms. The Hall–Kier alpha value is -3.49. The van der Waals surface area contributed by atoms with Crippen molar-refractivity contribution in [2.45, 2.75) is 18.6 Å². The number of methoxy groups -OCH3 is 1. The first kappa shape index (κ1) is 25.6.